The number of benzene rings is 2. The number of nitrogens with zero attached hydrogens (tertiary/aromatic N) is 3. The lowest BCUT2D eigenvalue weighted by atomic mass is 10.2. The van der Waals surface area contributed by atoms with Crippen LogP contribution in [-0.2, 0) is 11.3 Å². The third kappa shape index (κ3) is 5.43. The maximum atomic E-state index is 12.7. The van der Waals surface area contributed by atoms with E-state index in [2.05, 4.69) is 26.1 Å². The molecular weight excluding hydrogens is 426 g/mol. The van der Waals surface area contributed by atoms with E-state index in [4.69, 9.17) is 4.42 Å². The number of halogens is 1. The normalized spacial score (nSPS) is 11.0. The van der Waals surface area contributed by atoms with Crippen molar-refractivity contribution < 1.29 is 9.21 Å². The first-order valence-corrected chi connectivity index (χ1v) is 10.4. The van der Waals surface area contributed by atoms with Gasteiger partial charge in [-0.15, -0.1) is 10.2 Å². The second-order valence-corrected chi connectivity index (χ2v) is 8.11. The van der Waals surface area contributed by atoms with Gasteiger partial charge in [0.2, 0.25) is 11.8 Å². The molecule has 0 aliphatic heterocycles. The fourth-order valence-corrected chi connectivity index (χ4v) is 3.44. The van der Waals surface area contributed by atoms with Crippen molar-refractivity contribution in [1.29, 1.82) is 0 Å². The van der Waals surface area contributed by atoms with Crippen LogP contribution < -0.4 is 0 Å². The van der Waals surface area contributed by atoms with E-state index in [1.165, 1.54) is 11.8 Å². The Labute approximate surface area is 171 Å². The Bertz CT molecular complexity index is 882. The molecule has 3 rings (SSSR count). The number of carbonyl (C=O) groups excluding carboxylic acids is 1. The summed E-state index contributed by atoms with van der Waals surface area (Å²) in [4.78, 5) is 14.5. The van der Waals surface area contributed by atoms with Crippen molar-refractivity contribution in [3.05, 3.63) is 64.6 Å². The molecule has 2 aromatic carbocycles. The highest BCUT2D eigenvalue weighted by molar-refractivity contribution is 9.10. The molecule has 0 fully saturated rings. The van der Waals surface area contributed by atoms with E-state index >= 15 is 0 Å². The Morgan fingerprint density at radius 2 is 1.81 bits per heavy atom. The number of hydrogen-bond acceptors (Lipinski definition) is 5. The van der Waals surface area contributed by atoms with Gasteiger partial charge in [0.1, 0.15) is 0 Å². The quantitative estimate of drug-likeness (QED) is 0.477. The molecule has 1 aromatic heterocycles. The Morgan fingerprint density at radius 3 is 2.48 bits per heavy atom. The van der Waals surface area contributed by atoms with Crippen molar-refractivity contribution in [2.45, 2.75) is 31.7 Å². The second kappa shape index (κ2) is 9.19. The Kier molecular flexibility index (Phi) is 6.68. The van der Waals surface area contributed by atoms with Gasteiger partial charge in [-0.3, -0.25) is 4.79 Å². The molecule has 1 heterocycles. The molecule has 27 heavy (non-hydrogen) atoms. The molecule has 0 bridgehead atoms. The molecule has 140 valence electrons. The second-order valence-electron chi connectivity index (χ2n) is 6.27. The minimum Gasteiger partial charge on any atom is -0.411 e. The minimum absolute atomic E-state index is 0.0437. The van der Waals surface area contributed by atoms with Crippen molar-refractivity contribution in [2.75, 3.05) is 5.75 Å². The van der Waals surface area contributed by atoms with Gasteiger partial charge in [-0.25, -0.2) is 0 Å². The molecule has 0 unspecified atom stereocenters. The van der Waals surface area contributed by atoms with Gasteiger partial charge < -0.3 is 9.32 Å². The van der Waals surface area contributed by atoms with Gasteiger partial charge in [-0.05, 0) is 43.7 Å². The van der Waals surface area contributed by atoms with Gasteiger partial charge in [0, 0.05) is 22.6 Å². The molecule has 0 saturated heterocycles. The topological polar surface area (TPSA) is 59.2 Å². The maximum Gasteiger partial charge on any atom is 0.277 e. The molecule has 3 aromatic rings. The Morgan fingerprint density at radius 1 is 1.11 bits per heavy atom. The summed E-state index contributed by atoms with van der Waals surface area (Å²) in [5.74, 6) is 0.747. The van der Waals surface area contributed by atoms with E-state index in [1.807, 2.05) is 73.3 Å². The van der Waals surface area contributed by atoms with Crippen LogP contribution in [0, 0.1) is 0 Å². The molecule has 0 aliphatic carbocycles. The fourth-order valence-electron chi connectivity index (χ4n) is 2.52. The van der Waals surface area contributed by atoms with Crippen LogP contribution in [0.4, 0.5) is 0 Å². The number of rotatable bonds is 7. The van der Waals surface area contributed by atoms with E-state index in [0.29, 0.717) is 17.7 Å². The van der Waals surface area contributed by atoms with Crippen molar-refractivity contribution in [3.63, 3.8) is 0 Å². The van der Waals surface area contributed by atoms with Crippen LogP contribution in [0.2, 0.25) is 0 Å². The van der Waals surface area contributed by atoms with E-state index in [0.717, 1.165) is 15.6 Å². The lowest BCUT2D eigenvalue weighted by molar-refractivity contribution is -0.130. The van der Waals surface area contributed by atoms with Crippen LogP contribution in [0.15, 0.2) is 68.7 Å². The zero-order valence-corrected chi connectivity index (χ0v) is 17.5. The number of thioether (sulfide) groups is 1. The van der Waals surface area contributed by atoms with Gasteiger partial charge >= 0.3 is 0 Å². The first-order valence-electron chi connectivity index (χ1n) is 8.58. The largest absolute Gasteiger partial charge is 0.411 e. The van der Waals surface area contributed by atoms with E-state index < -0.39 is 0 Å². The van der Waals surface area contributed by atoms with Crippen LogP contribution in [0.3, 0.4) is 0 Å². The number of aromatic nitrogens is 2. The minimum atomic E-state index is 0.0437. The molecule has 1 amide bonds. The third-order valence-electron chi connectivity index (χ3n) is 3.96. The van der Waals surface area contributed by atoms with Gasteiger partial charge in [-0.1, -0.05) is 58.0 Å². The molecular formula is C20H20BrN3O2S. The number of carbonyl (C=O) groups is 1. The lowest BCUT2D eigenvalue weighted by Gasteiger charge is -2.26. The zero-order chi connectivity index (χ0) is 19.2. The average molecular weight is 446 g/mol. The molecule has 0 spiro atoms. The zero-order valence-electron chi connectivity index (χ0n) is 15.1. The Hall–Kier alpha value is -2.12. The first kappa shape index (κ1) is 19.6. The van der Waals surface area contributed by atoms with Crippen LogP contribution in [0.25, 0.3) is 11.5 Å². The SMILES string of the molecule is CC(C)N(Cc1ccccc1)C(=O)CSc1nnc(-c2ccc(Br)cc2)o1. The average Bonchev–Trinajstić information content (AvgIpc) is 3.14. The van der Waals surface area contributed by atoms with Gasteiger partial charge in [0.25, 0.3) is 5.22 Å². The molecule has 0 atom stereocenters. The summed E-state index contributed by atoms with van der Waals surface area (Å²) in [5.41, 5.74) is 1.96. The highest BCUT2D eigenvalue weighted by Gasteiger charge is 2.19. The molecule has 0 aliphatic rings. The molecule has 7 heteroatoms. The molecule has 0 saturated carbocycles. The standard InChI is InChI=1S/C20H20BrN3O2S/c1-14(2)24(12-15-6-4-3-5-7-15)18(25)13-27-20-23-22-19(26-20)16-8-10-17(21)11-9-16/h3-11,14H,12-13H2,1-2H3. The first-order chi connectivity index (χ1) is 13.0. The van der Waals surface area contributed by atoms with Crippen molar-refractivity contribution in [1.82, 2.24) is 15.1 Å². The molecule has 0 N–H and O–H groups in total. The van der Waals surface area contributed by atoms with Crippen LogP contribution in [-0.4, -0.2) is 32.8 Å². The third-order valence-corrected chi connectivity index (χ3v) is 5.29. The number of hydrogen-bond donors (Lipinski definition) is 0. The lowest BCUT2D eigenvalue weighted by Crippen LogP contribution is -2.37. The summed E-state index contributed by atoms with van der Waals surface area (Å²) in [5, 5.41) is 8.50. The fraction of sp³-hybridized carbons (Fsp3) is 0.250. The van der Waals surface area contributed by atoms with Gasteiger partial charge in [0.15, 0.2) is 0 Å². The molecule has 5 nitrogen and oxygen atoms in total. The van der Waals surface area contributed by atoms with Gasteiger partial charge in [-0.2, -0.15) is 0 Å². The van der Waals surface area contributed by atoms with E-state index in [1.54, 1.807) is 0 Å². The maximum absolute atomic E-state index is 12.7. The monoisotopic (exact) mass is 445 g/mol. The van der Waals surface area contributed by atoms with Gasteiger partial charge in [0.05, 0.1) is 5.75 Å². The highest BCUT2D eigenvalue weighted by Crippen LogP contribution is 2.25. The summed E-state index contributed by atoms with van der Waals surface area (Å²) in [6, 6.07) is 17.7. The summed E-state index contributed by atoms with van der Waals surface area (Å²) >= 11 is 4.66. The molecule has 0 radical (unpaired) electrons. The summed E-state index contributed by atoms with van der Waals surface area (Å²) in [6.45, 7) is 4.62. The number of amides is 1. The summed E-state index contributed by atoms with van der Waals surface area (Å²) < 4.78 is 6.66. The van der Waals surface area contributed by atoms with E-state index in [-0.39, 0.29) is 17.7 Å². The van der Waals surface area contributed by atoms with Crippen LogP contribution >= 0.6 is 27.7 Å². The predicted octanol–water partition coefficient (Wildman–Crippen LogP) is 5.03. The smallest absolute Gasteiger partial charge is 0.277 e. The van der Waals surface area contributed by atoms with Crippen LogP contribution in [0.1, 0.15) is 19.4 Å². The highest BCUT2D eigenvalue weighted by atomic mass is 79.9. The summed E-state index contributed by atoms with van der Waals surface area (Å²) in [7, 11) is 0. The van der Waals surface area contributed by atoms with Crippen molar-refractivity contribution >= 4 is 33.6 Å². The Balaban J connectivity index is 1.61. The summed E-state index contributed by atoms with van der Waals surface area (Å²) in [6.07, 6.45) is 0. The van der Waals surface area contributed by atoms with Crippen molar-refractivity contribution in [3.8, 4) is 11.5 Å². The van der Waals surface area contributed by atoms with E-state index in [9.17, 15) is 4.79 Å². The predicted molar refractivity (Wildman–Crippen MR) is 110 cm³/mol. The van der Waals surface area contributed by atoms with Crippen LogP contribution in [0.5, 0.6) is 0 Å². The van der Waals surface area contributed by atoms with Crippen molar-refractivity contribution in [2.24, 2.45) is 0 Å².